The molecule has 0 saturated carbocycles. The maximum absolute atomic E-state index is 11.8. The molecule has 0 spiro atoms. The molecular formula is C16H14N2O2. The van der Waals surface area contributed by atoms with E-state index in [1.54, 1.807) is 24.3 Å². The van der Waals surface area contributed by atoms with E-state index in [1.165, 1.54) is 0 Å². The first-order valence-electron chi connectivity index (χ1n) is 6.17. The second-order valence-electron chi connectivity index (χ2n) is 4.35. The van der Waals surface area contributed by atoms with E-state index >= 15 is 0 Å². The Balaban J connectivity index is 1.90. The molecule has 2 rings (SSSR count). The van der Waals surface area contributed by atoms with Crippen LogP contribution in [-0.2, 0) is 4.79 Å². The van der Waals surface area contributed by atoms with E-state index in [-0.39, 0.29) is 12.5 Å². The van der Waals surface area contributed by atoms with Gasteiger partial charge in [0.2, 0.25) is 0 Å². The van der Waals surface area contributed by atoms with Gasteiger partial charge in [-0.2, -0.15) is 5.26 Å². The second-order valence-corrected chi connectivity index (χ2v) is 4.35. The van der Waals surface area contributed by atoms with Gasteiger partial charge in [0, 0.05) is 5.69 Å². The Labute approximate surface area is 117 Å². The molecule has 0 unspecified atom stereocenters. The molecule has 0 radical (unpaired) electrons. The summed E-state index contributed by atoms with van der Waals surface area (Å²) in [4.78, 5) is 11.8. The smallest absolute Gasteiger partial charge is 0.262 e. The Morgan fingerprint density at radius 1 is 1.25 bits per heavy atom. The van der Waals surface area contributed by atoms with E-state index in [1.807, 2.05) is 37.3 Å². The van der Waals surface area contributed by atoms with Crippen LogP contribution in [0.4, 0.5) is 5.69 Å². The molecule has 0 aliphatic rings. The van der Waals surface area contributed by atoms with Crippen molar-refractivity contribution in [1.82, 2.24) is 0 Å². The molecule has 0 heterocycles. The molecule has 0 aromatic heterocycles. The third-order valence-electron chi connectivity index (χ3n) is 2.63. The van der Waals surface area contributed by atoms with E-state index in [0.29, 0.717) is 11.3 Å². The minimum Gasteiger partial charge on any atom is -0.484 e. The van der Waals surface area contributed by atoms with E-state index in [4.69, 9.17) is 10.00 Å². The Hall–Kier alpha value is -2.80. The first-order valence-corrected chi connectivity index (χ1v) is 6.17. The molecule has 0 saturated heterocycles. The van der Waals surface area contributed by atoms with Crippen LogP contribution in [0.5, 0.6) is 5.75 Å². The van der Waals surface area contributed by atoms with E-state index in [9.17, 15) is 4.79 Å². The van der Waals surface area contributed by atoms with Crippen LogP contribution in [0.3, 0.4) is 0 Å². The van der Waals surface area contributed by atoms with Crippen molar-refractivity contribution in [2.75, 3.05) is 11.9 Å². The molecular weight excluding hydrogens is 252 g/mol. The van der Waals surface area contributed by atoms with Gasteiger partial charge in [-0.25, -0.2) is 0 Å². The number of anilines is 1. The number of ether oxygens (including phenoxy) is 1. The topological polar surface area (TPSA) is 62.1 Å². The minimum atomic E-state index is -0.238. The highest BCUT2D eigenvalue weighted by Crippen LogP contribution is 2.13. The molecule has 0 aliphatic heterocycles. The van der Waals surface area contributed by atoms with Crippen molar-refractivity contribution in [1.29, 1.82) is 5.26 Å². The van der Waals surface area contributed by atoms with Crippen LogP contribution in [0.15, 0.2) is 48.5 Å². The average molecular weight is 266 g/mol. The number of amides is 1. The van der Waals surface area contributed by atoms with Crippen molar-refractivity contribution in [3.8, 4) is 11.8 Å². The molecule has 4 nitrogen and oxygen atoms in total. The molecule has 1 amide bonds. The molecule has 0 atom stereocenters. The maximum Gasteiger partial charge on any atom is 0.262 e. The predicted octanol–water partition coefficient (Wildman–Crippen LogP) is 2.88. The van der Waals surface area contributed by atoms with Gasteiger partial charge in [0.05, 0.1) is 11.6 Å². The monoisotopic (exact) mass is 266 g/mol. The fourth-order valence-electron chi connectivity index (χ4n) is 1.72. The van der Waals surface area contributed by atoms with Gasteiger partial charge in [0.1, 0.15) is 5.75 Å². The largest absolute Gasteiger partial charge is 0.484 e. The van der Waals surface area contributed by atoms with Gasteiger partial charge in [0.15, 0.2) is 6.61 Å². The fourth-order valence-corrected chi connectivity index (χ4v) is 1.72. The molecule has 100 valence electrons. The normalized spacial score (nSPS) is 9.60. The summed E-state index contributed by atoms with van der Waals surface area (Å²) < 4.78 is 5.35. The standard InChI is InChI=1S/C16H14N2O2/c1-12-4-2-6-14(8-12)18-16(19)11-20-15-7-3-5-13(9-15)10-17/h2-9H,11H2,1H3,(H,18,19). The molecule has 2 aromatic rings. The number of benzene rings is 2. The lowest BCUT2D eigenvalue weighted by Crippen LogP contribution is -2.20. The van der Waals surface area contributed by atoms with Gasteiger partial charge in [0.25, 0.3) is 5.91 Å². The highest BCUT2D eigenvalue weighted by molar-refractivity contribution is 5.91. The highest BCUT2D eigenvalue weighted by Gasteiger charge is 2.04. The van der Waals surface area contributed by atoms with Crippen molar-refractivity contribution in [3.63, 3.8) is 0 Å². The molecule has 4 heteroatoms. The Bertz CT molecular complexity index is 660. The van der Waals surface area contributed by atoms with Gasteiger partial charge >= 0.3 is 0 Å². The molecule has 0 fully saturated rings. The third kappa shape index (κ3) is 3.85. The number of hydrogen-bond acceptors (Lipinski definition) is 3. The van der Waals surface area contributed by atoms with Crippen LogP contribution in [0.1, 0.15) is 11.1 Å². The Morgan fingerprint density at radius 3 is 2.80 bits per heavy atom. The first-order chi connectivity index (χ1) is 9.67. The zero-order valence-electron chi connectivity index (χ0n) is 11.1. The van der Waals surface area contributed by atoms with Crippen molar-refractivity contribution < 1.29 is 9.53 Å². The molecule has 0 aliphatic carbocycles. The van der Waals surface area contributed by atoms with Crippen molar-refractivity contribution in [2.45, 2.75) is 6.92 Å². The SMILES string of the molecule is Cc1cccc(NC(=O)COc2cccc(C#N)c2)c1. The van der Waals surface area contributed by atoms with Gasteiger partial charge in [-0.1, -0.05) is 18.2 Å². The summed E-state index contributed by atoms with van der Waals surface area (Å²) in [5.41, 5.74) is 2.32. The number of rotatable bonds is 4. The Morgan fingerprint density at radius 2 is 2.05 bits per heavy atom. The third-order valence-corrected chi connectivity index (χ3v) is 2.63. The number of aryl methyl sites for hydroxylation is 1. The summed E-state index contributed by atoms with van der Waals surface area (Å²) in [6.45, 7) is 1.86. The fraction of sp³-hybridized carbons (Fsp3) is 0.125. The summed E-state index contributed by atoms with van der Waals surface area (Å²) in [7, 11) is 0. The number of nitrogens with one attached hydrogen (secondary N) is 1. The van der Waals surface area contributed by atoms with E-state index in [2.05, 4.69) is 5.32 Å². The number of nitrogens with zero attached hydrogens (tertiary/aromatic N) is 1. The van der Waals surface area contributed by atoms with Crippen molar-refractivity contribution >= 4 is 11.6 Å². The molecule has 20 heavy (non-hydrogen) atoms. The lowest BCUT2D eigenvalue weighted by atomic mass is 10.2. The zero-order valence-corrected chi connectivity index (χ0v) is 11.1. The summed E-state index contributed by atoms with van der Waals surface area (Å²) in [5, 5.41) is 11.5. The van der Waals surface area contributed by atoms with Crippen LogP contribution in [0.2, 0.25) is 0 Å². The highest BCUT2D eigenvalue weighted by atomic mass is 16.5. The lowest BCUT2D eigenvalue weighted by Gasteiger charge is -2.08. The predicted molar refractivity (Wildman–Crippen MR) is 76.5 cm³/mol. The number of carbonyl (C=O) groups excluding carboxylic acids is 1. The number of nitriles is 1. The number of carbonyl (C=O) groups is 1. The quantitative estimate of drug-likeness (QED) is 0.925. The van der Waals surface area contributed by atoms with Crippen molar-refractivity contribution in [2.24, 2.45) is 0 Å². The van der Waals surface area contributed by atoms with Crippen LogP contribution in [0.25, 0.3) is 0 Å². The van der Waals surface area contributed by atoms with Gasteiger partial charge in [-0.05, 0) is 42.8 Å². The summed E-state index contributed by atoms with van der Waals surface area (Å²) in [6.07, 6.45) is 0. The Kier molecular flexibility index (Phi) is 4.35. The van der Waals surface area contributed by atoms with Gasteiger partial charge < -0.3 is 10.1 Å². The average Bonchev–Trinajstić information content (AvgIpc) is 2.45. The van der Waals surface area contributed by atoms with E-state index in [0.717, 1.165) is 11.3 Å². The van der Waals surface area contributed by atoms with Crippen LogP contribution in [-0.4, -0.2) is 12.5 Å². The summed E-state index contributed by atoms with van der Waals surface area (Å²) in [5.74, 6) is 0.265. The van der Waals surface area contributed by atoms with Crippen LogP contribution >= 0.6 is 0 Å². The molecule has 2 aromatic carbocycles. The molecule has 0 bridgehead atoms. The summed E-state index contributed by atoms with van der Waals surface area (Å²) in [6, 6.07) is 16.3. The van der Waals surface area contributed by atoms with E-state index < -0.39 is 0 Å². The summed E-state index contributed by atoms with van der Waals surface area (Å²) >= 11 is 0. The zero-order chi connectivity index (χ0) is 14.4. The number of hydrogen-bond donors (Lipinski definition) is 1. The first kappa shape index (κ1) is 13.6. The lowest BCUT2D eigenvalue weighted by molar-refractivity contribution is -0.118. The van der Waals surface area contributed by atoms with Crippen molar-refractivity contribution in [3.05, 3.63) is 59.7 Å². The van der Waals surface area contributed by atoms with Gasteiger partial charge in [-0.15, -0.1) is 0 Å². The van der Waals surface area contributed by atoms with Gasteiger partial charge in [-0.3, -0.25) is 4.79 Å². The molecule has 1 N–H and O–H groups in total. The maximum atomic E-state index is 11.8. The minimum absolute atomic E-state index is 0.0944. The van der Waals surface area contributed by atoms with Crippen LogP contribution < -0.4 is 10.1 Å². The van der Waals surface area contributed by atoms with Crippen LogP contribution in [0, 0.1) is 18.3 Å². The second kappa shape index (κ2) is 6.39.